The highest BCUT2D eigenvalue weighted by Gasteiger charge is 2.27. The summed E-state index contributed by atoms with van der Waals surface area (Å²) in [6, 6.07) is 8.54. The fourth-order valence-corrected chi connectivity index (χ4v) is 4.02. The molecule has 1 amide bonds. The number of nitrogens with zero attached hydrogens (tertiary/aromatic N) is 4. The van der Waals surface area contributed by atoms with Gasteiger partial charge in [-0.05, 0) is 32.3 Å². The molecule has 0 spiro atoms. The number of hydrogen-bond acceptors (Lipinski definition) is 3. The largest absolute Gasteiger partial charge is 0.342 e. The Morgan fingerprint density at radius 2 is 2.07 bits per heavy atom. The van der Waals surface area contributed by atoms with E-state index < -0.39 is 0 Å². The van der Waals surface area contributed by atoms with Gasteiger partial charge < -0.3 is 9.47 Å². The second kappa shape index (κ2) is 8.00. The summed E-state index contributed by atoms with van der Waals surface area (Å²) in [5, 5.41) is 7.52. The highest BCUT2D eigenvalue weighted by Crippen LogP contribution is 2.33. The summed E-state index contributed by atoms with van der Waals surface area (Å²) in [5.74, 6) is 1.46. The monoisotopic (exact) mass is 377 g/mol. The van der Waals surface area contributed by atoms with E-state index in [9.17, 15) is 4.79 Å². The van der Waals surface area contributed by atoms with Crippen LogP contribution in [0, 0.1) is 13.8 Å². The number of aryl methyl sites for hydroxylation is 3. The van der Waals surface area contributed by atoms with Crippen molar-refractivity contribution in [2.24, 2.45) is 0 Å². The number of carbonyl (C=O) groups excluding carboxylic acids is 1. The van der Waals surface area contributed by atoms with Crippen molar-refractivity contribution in [1.82, 2.24) is 24.6 Å². The number of nitrogens with one attached hydrogen (secondary N) is 1. The number of carbonyl (C=O) groups is 1. The van der Waals surface area contributed by atoms with Crippen LogP contribution in [0.4, 0.5) is 0 Å². The zero-order valence-electron chi connectivity index (χ0n) is 16.6. The van der Waals surface area contributed by atoms with E-state index in [0.717, 1.165) is 43.0 Å². The molecule has 0 saturated carbocycles. The SMILES string of the molecule is Cc1ccc(-c2cn[nH]c2C2CCCN(C(=O)CCn3ccnc3C)C2)cc1. The summed E-state index contributed by atoms with van der Waals surface area (Å²) in [7, 11) is 0. The quantitative estimate of drug-likeness (QED) is 0.737. The summed E-state index contributed by atoms with van der Waals surface area (Å²) < 4.78 is 2.03. The van der Waals surface area contributed by atoms with E-state index in [2.05, 4.69) is 46.4 Å². The number of hydrogen-bond donors (Lipinski definition) is 1. The molecule has 146 valence electrons. The first kappa shape index (κ1) is 18.5. The van der Waals surface area contributed by atoms with Gasteiger partial charge in [0.2, 0.25) is 5.91 Å². The molecule has 1 unspecified atom stereocenters. The lowest BCUT2D eigenvalue weighted by atomic mass is 9.90. The van der Waals surface area contributed by atoms with E-state index in [-0.39, 0.29) is 5.91 Å². The molecular weight excluding hydrogens is 350 g/mol. The van der Waals surface area contributed by atoms with Gasteiger partial charge in [0.1, 0.15) is 5.82 Å². The Hall–Kier alpha value is -2.89. The number of H-pyrrole nitrogens is 1. The van der Waals surface area contributed by atoms with Crippen molar-refractivity contribution in [3.63, 3.8) is 0 Å². The minimum absolute atomic E-state index is 0.217. The summed E-state index contributed by atoms with van der Waals surface area (Å²) >= 11 is 0. The van der Waals surface area contributed by atoms with Gasteiger partial charge in [-0.2, -0.15) is 5.10 Å². The first-order chi connectivity index (χ1) is 13.6. The average Bonchev–Trinajstić information content (AvgIpc) is 3.36. The number of benzene rings is 1. The Morgan fingerprint density at radius 1 is 1.25 bits per heavy atom. The molecule has 28 heavy (non-hydrogen) atoms. The molecule has 0 bridgehead atoms. The van der Waals surface area contributed by atoms with Gasteiger partial charge in [0.15, 0.2) is 0 Å². The molecule has 6 heteroatoms. The average molecular weight is 377 g/mol. The molecule has 6 nitrogen and oxygen atoms in total. The molecule has 2 aromatic heterocycles. The summed E-state index contributed by atoms with van der Waals surface area (Å²) in [6.45, 7) is 6.34. The van der Waals surface area contributed by atoms with Crippen molar-refractivity contribution in [3.05, 3.63) is 59.9 Å². The van der Waals surface area contributed by atoms with Crippen LogP contribution < -0.4 is 0 Å². The van der Waals surface area contributed by atoms with E-state index in [4.69, 9.17) is 0 Å². The number of imidazole rings is 1. The predicted octanol–water partition coefficient (Wildman–Crippen LogP) is 3.69. The van der Waals surface area contributed by atoms with Crippen LogP contribution in [0.1, 0.15) is 42.3 Å². The van der Waals surface area contributed by atoms with Gasteiger partial charge in [-0.1, -0.05) is 29.8 Å². The van der Waals surface area contributed by atoms with Gasteiger partial charge >= 0.3 is 0 Å². The molecule has 1 fully saturated rings. The summed E-state index contributed by atoms with van der Waals surface area (Å²) in [5.41, 5.74) is 4.71. The lowest BCUT2D eigenvalue weighted by molar-refractivity contribution is -0.132. The van der Waals surface area contributed by atoms with Gasteiger partial charge in [0.25, 0.3) is 0 Å². The number of piperidine rings is 1. The molecule has 1 aliphatic heterocycles. The molecule has 3 aromatic rings. The van der Waals surface area contributed by atoms with Gasteiger partial charge in [-0.15, -0.1) is 0 Å². The minimum atomic E-state index is 0.217. The van der Waals surface area contributed by atoms with Gasteiger partial charge in [-0.3, -0.25) is 9.89 Å². The van der Waals surface area contributed by atoms with Crippen LogP contribution in [-0.4, -0.2) is 43.6 Å². The molecule has 1 N–H and O–H groups in total. The highest BCUT2D eigenvalue weighted by molar-refractivity contribution is 5.76. The highest BCUT2D eigenvalue weighted by atomic mass is 16.2. The Bertz CT molecular complexity index is 940. The molecule has 1 atom stereocenters. The number of amides is 1. The standard InChI is InChI=1S/C22H27N5O/c1-16-5-7-18(8-6-16)20-14-24-25-22(20)19-4-3-11-27(15-19)21(28)9-12-26-13-10-23-17(26)2/h5-8,10,13-14,19H,3-4,9,11-12,15H2,1-2H3,(H,24,25). The number of likely N-dealkylation sites (tertiary alicyclic amines) is 1. The second-order valence-electron chi connectivity index (χ2n) is 7.66. The Balaban J connectivity index is 1.44. The van der Waals surface area contributed by atoms with Crippen molar-refractivity contribution in [2.45, 2.75) is 45.6 Å². The third-order valence-electron chi connectivity index (χ3n) is 5.70. The minimum Gasteiger partial charge on any atom is -0.342 e. The third kappa shape index (κ3) is 3.86. The van der Waals surface area contributed by atoms with Crippen molar-refractivity contribution in [2.75, 3.05) is 13.1 Å². The van der Waals surface area contributed by atoms with Crippen molar-refractivity contribution in [1.29, 1.82) is 0 Å². The maximum atomic E-state index is 12.8. The van der Waals surface area contributed by atoms with Crippen molar-refractivity contribution >= 4 is 5.91 Å². The summed E-state index contributed by atoms with van der Waals surface area (Å²) in [6.07, 6.45) is 8.22. The molecule has 4 rings (SSSR count). The predicted molar refractivity (Wildman–Crippen MR) is 109 cm³/mol. The van der Waals surface area contributed by atoms with E-state index >= 15 is 0 Å². The van der Waals surface area contributed by atoms with Gasteiger partial charge in [0, 0.05) is 55.6 Å². The number of aromatic nitrogens is 4. The second-order valence-corrected chi connectivity index (χ2v) is 7.66. The van der Waals surface area contributed by atoms with Crippen LogP contribution in [0.15, 0.2) is 42.9 Å². The van der Waals surface area contributed by atoms with Crippen LogP contribution in [0.3, 0.4) is 0 Å². The zero-order chi connectivity index (χ0) is 19.5. The van der Waals surface area contributed by atoms with E-state index in [0.29, 0.717) is 18.9 Å². The molecule has 0 radical (unpaired) electrons. The molecule has 1 saturated heterocycles. The molecule has 0 aliphatic carbocycles. The molecule has 1 aromatic carbocycles. The molecule has 3 heterocycles. The van der Waals surface area contributed by atoms with Crippen LogP contribution in [-0.2, 0) is 11.3 Å². The van der Waals surface area contributed by atoms with Crippen LogP contribution in [0.25, 0.3) is 11.1 Å². The lowest BCUT2D eigenvalue weighted by Crippen LogP contribution is -2.39. The van der Waals surface area contributed by atoms with E-state index in [1.807, 2.05) is 28.8 Å². The van der Waals surface area contributed by atoms with Crippen LogP contribution in [0.5, 0.6) is 0 Å². The zero-order valence-corrected chi connectivity index (χ0v) is 16.6. The van der Waals surface area contributed by atoms with Crippen LogP contribution >= 0.6 is 0 Å². The lowest BCUT2D eigenvalue weighted by Gasteiger charge is -2.33. The Kier molecular flexibility index (Phi) is 5.28. The molecule has 1 aliphatic rings. The number of aromatic amines is 1. The van der Waals surface area contributed by atoms with Gasteiger partial charge in [0.05, 0.1) is 6.20 Å². The van der Waals surface area contributed by atoms with Crippen molar-refractivity contribution in [3.8, 4) is 11.1 Å². The maximum Gasteiger partial charge on any atom is 0.224 e. The third-order valence-corrected chi connectivity index (χ3v) is 5.70. The normalized spacial score (nSPS) is 17.1. The van der Waals surface area contributed by atoms with E-state index in [1.54, 1.807) is 6.20 Å². The fraction of sp³-hybridized carbons (Fsp3) is 0.409. The van der Waals surface area contributed by atoms with Crippen molar-refractivity contribution < 1.29 is 4.79 Å². The first-order valence-corrected chi connectivity index (χ1v) is 9.97. The maximum absolute atomic E-state index is 12.8. The Labute approximate surface area is 165 Å². The number of rotatable bonds is 5. The van der Waals surface area contributed by atoms with Crippen LogP contribution in [0.2, 0.25) is 0 Å². The fourth-order valence-electron chi connectivity index (χ4n) is 4.02. The topological polar surface area (TPSA) is 66.8 Å². The smallest absolute Gasteiger partial charge is 0.224 e. The summed E-state index contributed by atoms with van der Waals surface area (Å²) in [4.78, 5) is 19.0. The molecular formula is C22H27N5O. The Morgan fingerprint density at radius 3 is 2.82 bits per heavy atom. The van der Waals surface area contributed by atoms with Gasteiger partial charge in [-0.25, -0.2) is 4.98 Å². The van der Waals surface area contributed by atoms with E-state index in [1.165, 1.54) is 11.1 Å². The first-order valence-electron chi connectivity index (χ1n) is 9.97.